The molecule has 2 aromatic carbocycles. The maximum atomic E-state index is 6.00. The second-order valence-corrected chi connectivity index (χ2v) is 6.35. The molecule has 0 saturated heterocycles. The van der Waals surface area contributed by atoms with Gasteiger partial charge in [-0.05, 0) is 49.6 Å². The third-order valence-electron chi connectivity index (χ3n) is 3.79. The van der Waals surface area contributed by atoms with Gasteiger partial charge in [0, 0.05) is 17.3 Å². The summed E-state index contributed by atoms with van der Waals surface area (Å²) in [6.07, 6.45) is 2.44. The van der Waals surface area contributed by atoms with Gasteiger partial charge in [-0.15, -0.1) is 5.10 Å². The SMILES string of the molecule is Cc1ccc(Nc2cnnc(NCCc3cccc(Cl)c3)n2)c(C)c1. The Hall–Kier alpha value is -2.66. The number of rotatable bonds is 6. The highest BCUT2D eigenvalue weighted by Gasteiger charge is 2.04. The first-order valence-electron chi connectivity index (χ1n) is 8.12. The van der Waals surface area contributed by atoms with Crippen LogP contribution < -0.4 is 10.6 Å². The van der Waals surface area contributed by atoms with Gasteiger partial charge in [0.25, 0.3) is 0 Å². The molecule has 25 heavy (non-hydrogen) atoms. The van der Waals surface area contributed by atoms with Crippen molar-refractivity contribution < 1.29 is 0 Å². The molecule has 0 amide bonds. The monoisotopic (exact) mass is 353 g/mol. The highest BCUT2D eigenvalue weighted by molar-refractivity contribution is 6.30. The Bertz CT molecular complexity index is 866. The van der Waals surface area contributed by atoms with E-state index in [4.69, 9.17) is 11.6 Å². The van der Waals surface area contributed by atoms with Gasteiger partial charge in [0.1, 0.15) is 0 Å². The van der Waals surface area contributed by atoms with Gasteiger partial charge >= 0.3 is 0 Å². The molecule has 0 aliphatic rings. The van der Waals surface area contributed by atoms with Gasteiger partial charge in [-0.2, -0.15) is 10.1 Å². The average molecular weight is 354 g/mol. The molecular weight excluding hydrogens is 334 g/mol. The van der Waals surface area contributed by atoms with E-state index in [1.807, 2.05) is 30.3 Å². The molecule has 0 unspecified atom stereocenters. The number of nitrogens with one attached hydrogen (secondary N) is 2. The zero-order valence-corrected chi connectivity index (χ0v) is 15.0. The number of nitrogens with zero attached hydrogens (tertiary/aromatic N) is 3. The minimum Gasteiger partial charge on any atom is -0.353 e. The maximum Gasteiger partial charge on any atom is 0.244 e. The Labute approximate surface area is 152 Å². The average Bonchev–Trinajstić information content (AvgIpc) is 2.58. The van der Waals surface area contributed by atoms with Crippen molar-refractivity contribution in [1.82, 2.24) is 15.2 Å². The molecule has 0 saturated carbocycles. The standard InChI is InChI=1S/C19H20ClN5/c1-13-6-7-17(14(2)10-13)23-18-12-22-25-19(24-18)21-9-8-15-4-3-5-16(20)11-15/h3-7,10-12H,8-9H2,1-2H3,(H2,21,23,24,25). The predicted molar refractivity (Wildman–Crippen MR) is 103 cm³/mol. The fourth-order valence-electron chi connectivity index (χ4n) is 2.54. The number of hydrogen-bond acceptors (Lipinski definition) is 5. The predicted octanol–water partition coefficient (Wildman–Crippen LogP) is 4.54. The smallest absolute Gasteiger partial charge is 0.244 e. The molecule has 0 aliphatic heterocycles. The molecule has 3 aromatic rings. The Balaban J connectivity index is 1.61. The molecule has 0 bridgehead atoms. The summed E-state index contributed by atoms with van der Waals surface area (Å²) in [5.74, 6) is 1.16. The van der Waals surface area contributed by atoms with Crippen LogP contribution in [0.5, 0.6) is 0 Å². The van der Waals surface area contributed by atoms with Crippen LogP contribution in [0.15, 0.2) is 48.7 Å². The lowest BCUT2D eigenvalue weighted by Crippen LogP contribution is -2.09. The van der Waals surface area contributed by atoms with Crippen LogP contribution in [-0.4, -0.2) is 21.7 Å². The summed E-state index contributed by atoms with van der Waals surface area (Å²) in [7, 11) is 0. The van der Waals surface area contributed by atoms with E-state index in [1.165, 1.54) is 5.56 Å². The number of hydrogen-bond donors (Lipinski definition) is 2. The third kappa shape index (κ3) is 4.90. The first-order valence-corrected chi connectivity index (χ1v) is 8.50. The van der Waals surface area contributed by atoms with Crippen LogP contribution >= 0.6 is 11.6 Å². The molecule has 0 radical (unpaired) electrons. The molecule has 0 aliphatic carbocycles. The topological polar surface area (TPSA) is 62.7 Å². The quantitative estimate of drug-likeness (QED) is 0.681. The lowest BCUT2D eigenvalue weighted by Gasteiger charge is -2.10. The normalized spacial score (nSPS) is 10.5. The molecule has 1 heterocycles. The summed E-state index contributed by atoms with van der Waals surface area (Å²) in [6.45, 7) is 4.84. The summed E-state index contributed by atoms with van der Waals surface area (Å²) in [4.78, 5) is 4.46. The van der Waals surface area contributed by atoms with Gasteiger partial charge in [-0.25, -0.2) is 0 Å². The summed E-state index contributed by atoms with van der Waals surface area (Å²) >= 11 is 6.00. The van der Waals surface area contributed by atoms with E-state index in [9.17, 15) is 0 Å². The number of anilines is 3. The Morgan fingerprint density at radius 3 is 2.76 bits per heavy atom. The van der Waals surface area contributed by atoms with Crippen molar-refractivity contribution in [2.75, 3.05) is 17.2 Å². The van der Waals surface area contributed by atoms with E-state index in [0.717, 1.165) is 28.3 Å². The second kappa shape index (κ2) is 7.94. The molecule has 0 fully saturated rings. The maximum absolute atomic E-state index is 6.00. The molecule has 6 heteroatoms. The number of aryl methyl sites for hydroxylation is 2. The first kappa shape index (κ1) is 17.2. The largest absolute Gasteiger partial charge is 0.353 e. The Kier molecular flexibility index (Phi) is 5.46. The second-order valence-electron chi connectivity index (χ2n) is 5.92. The lowest BCUT2D eigenvalue weighted by atomic mass is 10.1. The van der Waals surface area contributed by atoms with Gasteiger partial charge in [0.05, 0.1) is 6.20 Å². The zero-order valence-electron chi connectivity index (χ0n) is 14.3. The van der Waals surface area contributed by atoms with Crippen molar-refractivity contribution in [2.24, 2.45) is 0 Å². The van der Waals surface area contributed by atoms with E-state index in [-0.39, 0.29) is 0 Å². The Morgan fingerprint density at radius 2 is 1.96 bits per heavy atom. The van der Waals surface area contributed by atoms with Crippen LogP contribution in [0.1, 0.15) is 16.7 Å². The molecule has 0 atom stereocenters. The van der Waals surface area contributed by atoms with Crippen molar-refractivity contribution in [1.29, 1.82) is 0 Å². The van der Waals surface area contributed by atoms with Gasteiger partial charge < -0.3 is 10.6 Å². The summed E-state index contributed by atoms with van der Waals surface area (Å²) in [5.41, 5.74) is 4.56. The van der Waals surface area contributed by atoms with Gasteiger partial charge in [0.15, 0.2) is 5.82 Å². The Morgan fingerprint density at radius 1 is 1.08 bits per heavy atom. The van der Waals surface area contributed by atoms with Crippen LogP contribution in [0.25, 0.3) is 0 Å². The van der Waals surface area contributed by atoms with Crippen LogP contribution in [0.3, 0.4) is 0 Å². The van der Waals surface area contributed by atoms with Crippen molar-refractivity contribution >= 4 is 29.1 Å². The van der Waals surface area contributed by atoms with E-state index in [1.54, 1.807) is 6.20 Å². The highest BCUT2D eigenvalue weighted by atomic mass is 35.5. The molecule has 0 spiro atoms. The lowest BCUT2D eigenvalue weighted by molar-refractivity contribution is 0.929. The fraction of sp³-hybridized carbons (Fsp3) is 0.211. The summed E-state index contributed by atoms with van der Waals surface area (Å²) < 4.78 is 0. The zero-order chi connectivity index (χ0) is 17.6. The van der Waals surface area contributed by atoms with Gasteiger partial charge in [0.2, 0.25) is 5.95 Å². The number of benzene rings is 2. The molecule has 128 valence electrons. The molecule has 2 N–H and O–H groups in total. The fourth-order valence-corrected chi connectivity index (χ4v) is 2.75. The van der Waals surface area contributed by atoms with E-state index >= 15 is 0 Å². The molecule has 3 rings (SSSR count). The van der Waals surface area contributed by atoms with Crippen molar-refractivity contribution in [3.05, 3.63) is 70.4 Å². The van der Waals surface area contributed by atoms with Crippen LogP contribution in [-0.2, 0) is 6.42 Å². The molecule has 5 nitrogen and oxygen atoms in total. The van der Waals surface area contributed by atoms with Crippen molar-refractivity contribution in [2.45, 2.75) is 20.3 Å². The molecule has 1 aromatic heterocycles. The van der Waals surface area contributed by atoms with E-state index in [0.29, 0.717) is 18.3 Å². The van der Waals surface area contributed by atoms with Crippen LogP contribution in [0, 0.1) is 13.8 Å². The summed E-state index contributed by atoms with van der Waals surface area (Å²) in [5, 5.41) is 15.3. The van der Waals surface area contributed by atoms with Crippen molar-refractivity contribution in [3.8, 4) is 0 Å². The summed E-state index contributed by atoms with van der Waals surface area (Å²) in [6, 6.07) is 14.1. The van der Waals surface area contributed by atoms with E-state index < -0.39 is 0 Å². The minimum atomic E-state index is 0.497. The first-order chi connectivity index (χ1) is 12.1. The van der Waals surface area contributed by atoms with E-state index in [2.05, 4.69) is 51.8 Å². The van der Waals surface area contributed by atoms with Gasteiger partial charge in [-0.3, -0.25) is 0 Å². The highest BCUT2D eigenvalue weighted by Crippen LogP contribution is 2.20. The van der Waals surface area contributed by atoms with Crippen molar-refractivity contribution in [3.63, 3.8) is 0 Å². The molecular formula is C19H20ClN5. The number of halogens is 1. The van der Waals surface area contributed by atoms with Crippen LogP contribution in [0.2, 0.25) is 5.02 Å². The number of aromatic nitrogens is 3. The third-order valence-corrected chi connectivity index (χ3v) is 4.02. The minimum absolute atomic E-state index is 0.497. The van der Waals surface area contributed by atoms with Crippen LogP contribution in [0.4, 0.5) is 17.5 Å². The van der Waals surface area contributed by atoms with Gasteiger partial charge in [-0.1, -0.05) is 41.4 Å².